The maximum absolute atomic E-state index is 12.3. The molecule has 1 aliphatic rings. The lowest BCUT2D eigenvalue weighted by Gasteiger charge is -2.22. The van der Waals surface area contributed by atoms with E-state index < -0.39 is 6.04 Å². The van der Waals surface area contributed by atoms with Crippen LogP contribution in [-0.4, -0.2) is 48.5 Å². The van der Waals surface area contributed by atoms with Crippen LogP contribution in [0.5, 0.6) is 0 Å². The molecule has 0 spiro atoms. The Morgan fingerprint density at radius 1 is 1.24 bits per heavy atom. The lowest BCUT2D eigenvalue weighted by molar-refractivity contribution is -0.124. The third-order valence-electron chi connectivity index (χ3n) is 4.14. The largest absolute Gasteiger partial charge is 0.363 e. The zero-order chi connectivity index (χ0) is 17.8. The Kier molecular flexibility index (Phi) is 4.92. The molecule has 2 amide bonds. The number of hydrogen-bond acceptors (Lipinski definition) is 5. The van der Waals surface area contributed by atoms with Crippen molar-refractivity contribution in [2.45, 2.75) is 18.9 Å². The van der Waals surface area contributed by atoms with Crippen LogP contribution in [0.15, 0.2) is 36.7 Å². The number of rotatable bonds is 4. The normalized spacial score (nSPS) is 16.9. The van der Waals surface area contributed by atoms with Crippen LogP contribution in [0.1, 0.15) is 23.2 Å². The van der Waals surface area contributed by atoms with Gasteiger partial charge in [-0.05, 0) is 25.0 Å². The SMILES string of the molecule is CN(C)c1cc(-c2ccc(C(=O)NC3CCCNC3=O)cc2)ncn1. The predicted molar refractivity (Wildman–Crippen MR) is 95.3 cm³/mol. The molecular formula is C18H21N5O2. The van der Waals surface area contributed by atoms with Gasteiger partial charge in [0.15, 0.2) is 0 Å². The van der Waals surface area contributed by atoms with Crippen molar-refractivity contribution in [2.24, 2.45) is 0 Å². The van der Waals surface area contributed by atoms with E-state index in [1.54, 1.807) is 12.1 Å². The molecule has 0 aliphatic carbocycles. The first kappa shape index (κ1) is 16.9. The van der Waals surface area contributed by atoms with Crippen LogP contribution in [0.3, 0.4) is 0 Å². The average molecular weight is 339 g/mol. The van der Waals surface area contributed by atoms with E-state index in [0.29, 0.717) is 18.5 Å². The first-order valence-corrected chi connectivity index (χ1v) is 8.23. The third-order valence-corrected chi connectivity index (χ3v) is 4.14. The molecule has 0 radical (unpaired) electrons. The number of amides is 2. The summed E-state index contributed by atoms with van der Waals surface area (Å²) in [7, 11) is 3.84. The molecule has 1 aromatic carbocycles. The van der Waals surface area contributed by atoms with Crippen molar-refractivity contribution < 1.29 is 9.59 Å². The molecule has 2 aromatic rings. The van der Waals surface area contributed by atoms with Gasteiger partial charge in [0.1, 0.15) is 18.2 Å². The van der Waals surface area contributed by atoms with E-state index in [-0.39, 0.29) is 11.8 Å². The van der Waals surface area contributed by atoms with E-state index in [2.05, 4.69) is 20.6 Å². The number of nitrogens with one attached hydrogen (secondary N) is 2. The van der Waals surface area contributed by atoms with Crippen molar-refractivity contribution in [3.63, 3.8) is 0 Å². The van der Waals surface area contributed by atoms with Crippen LogP contribution in [0.25, 0.3) is 11.3 Å². The van der Waals surface area contributed by atoms with Gasteiger partial charge < -0.3 is 15.5 Å². The summed E-state index contributed by atoms with van der Waals surface area (Å²) in [5, 5.41) is 5.55. The van der Waals surface area contributed by atoms with Gasteiger partial charge in [-0.2, -0.15) is 0 Å². The van der Waals surface area contributed by atoms with Gasteiger partial charge in [0.25, 0.3) is 5.91 Å². The molecule has 0 bridgehead atoms. The number of benzene rings is 1. The maximum Gasteiger partial charge on any atom is 0.251 e. The van der Waals surface area contributed by atoms with Crippen molar-refractivity contribution in [1.29, 1.82) is 0 Å². The molecule has 1 saturated heterocycles. The highest BCUT2D eigenvalue weighted by atomic mass is 16.2. The number of carbonyl (C=O) groups excluding carboxylic acids is 2. The van der Waals surface area contributed by atoms with E-state index in [1.807, 2.05) is 37.2 Å². The zero-order valence-corrected chi connectivity index (χ0v) is 14.3. The van der Waals surface area contributed by atoms with Crippen molar-refractivity contribution in [3.8, 4) is 11.3 Å². The van der Waals surface area contributed by atoms with Crippen LogP contribution in [0.2, 0.25) is 0 Å². The summed E-state index contributed by atoms with van der Waals surface area (Å²) in [5.74, 6) is 0.453. The first-order chi connectivity index (χ1) is 12.0. The molecule has 0 saturated carbocycles. The maximum atomic E-state index is 12.3. The van der Waals surface area contributed by atoms with Gasteiger partial charge in [-0.3, -0.25) is 9.59 Å². The lowest BCUT2D eigenvalue weighted by atomic mass is 10.0. The third kappa shape index (κ3) is 3.93. The van der Waals surface area contributed by atoms with Crippen molar-refractivity contribution in [2.75, 3.05) is 25.5 Å². The van der Waals surface area contributed by atoms with E-state index in [0.717, 1.165) is 23.5 Å². The molecule has 1 atom stereocenters. The summed E-state index contributed by atoms with van der Waals surface area (Å²) in [6.07, 6.45) is 3.06. The molecule has 7 heteroatoms. The number of anilines is 1. The number of carbonyl (C=O) groups is 2. The van der Waals surface area contributed by atoms with Crippen molar-refractivity contribution >= 4 is 17.6 Å². The molecule has 1 aromatic heterocycles. The summed E-state index contributed by atoms with van der Waals surface area (Å²) in [5.41, 5.74) is 2.21. The minimum atomic E-state index is -0.453. The van der Waals surface area contributed by atoms with Crippen molar-refractivity contribution in [3.05, 3.63) is 42.2 Å². The smallest absolute Gasteiger partial charge is 0.251 e. The van der Waals surface area contributed by atoms with E-state index >= 15 is 0 Å². The van der Waals surface area contributed by atoms with Crippen molar-refractivity contribution in [1.82, 2.24) is 20.6 Å². The average Bonchev–Trinajstić information content (AvgIpc) is 2.64. The van der Waals surface area contributed by atoms with Gasteiger partial charge in [0.2, 0.25) is 5.91 Å². The molecule has 7 nitrogen and oxygen atoms in total. The molecule has 2 heterocycles. The van der Waals surface area contributed by atoms with Gasteiger partial charge >= 0.3 is 0 Å². The predicted octanol–water partition coefficient (Wildman–Crippen LogP) is 1.22. The van der Waals surface area contributed by atoms with E-state index in [9.17, 15) is 9.59 Å². The van der Waals surface area contributed by atoms with E-state index in [4.69, 9.17) is 0 Å². The second-order valence-corrected chi connectivity index (χ2v) is 6.19. The summed E-state index contributed by atoms with van der Waals surface area (Å²) < 4.78 is 0. The van der Waals surface area contributed by atoms with Crippen LogP contribution in [-0.2, 0) is 4.79 Å². The van der Waals surface area contributed by atoms with E-state index in [1.165, 1.54) is 6.33 Å². The Morgan fingerprint density at radius 3 is 2.68 bits per heavy atom. The van der Waals surface area contributed by atoms with Gasteiger partial charge in [-0.25, -0.2) is 9.97 Å². The topological polar surface area (TPSA) is 87.2 Å². The quantitative estimate of drug-likeness (QED) is 0.874. The molecule has 1 fully saturated rings. The molecule has 130 valence electrons. The highest BCUT2D eigenvalue weighted by Crippen LogP contribution is 2.20. The standard InChI is InChI=1S/C18H21N5O2/c1-23(2)16-10-15(20-11-21-16)12-5-7-13(8-6-12)17(24)22-14-4-3-9-19-18(14)25/h5-8,10-11,14H,3-4,9H2,1-2H3,(H,19,25)(H,22,24). The minimum absolute atomic E-state index is 0.117. The minimum Gasteiger partial charge on any atom is -0.363 e. The molecule has 3 rings (SSSR count). The second-order valence-electron chi connectivity index (χ2n) is 6.19. The summed E-state index contributed by atoms with van der Waals surface area (Å²) in [6, 6.07) is 8.60. The van der Waals surface area contributed by atoms with Gasteiger partial charge in [-0.1, -0.05) is 12.1 Å². The zero-order valence-electron chi connectivity index (χ0n) is 14.3. The van der Waals surface area contributed by atoms with Crippen LogP contribution in [0.4, 0.5) is 5.82 Å². The van der Waals surface area contributed by atoms with Crippen LogP contribution < -0.4 is 15.5 Å². The highest BCUT2D eigenvalue weighted by Gasteiger charge is 2.23. The molecule has 1 unspecified atom stereocenters. The number of piperidine rings is 1. The van der Waals surface area contributed by atoms with Gasteiger partial charge in [0, 0.05) is 37.8 Å². The Labute approximate surface area is 146 Å². The summed E-state index contributed by atoms with van der Waals surface area (Å²) >= 11 is 0. The highest BCUT2D eigenvalue weighted by molar-refractivity contribution is 5.98. The molecule has 1 aliphatic heterocycles. The Bertz CT molecular complexity index is 773. The number of aromatic nitrogens is 2. The molecular weight excluding hydrogens is 318 g/mol. The first-order valence-electron chi connectivity index (χ1n) is 8.23. The molecule has 25 heavy (non-hydrogen) atoms. The fraction of sp³-hybridized carbons (Fsp3) is 0.333. The molecule has 2 N–H and O–H groups in total. The van der Waals surface area contributed by atoms with Crippen LogP contribution >= 0.6 is 0 Å². The monoisotopic (exact) mass is 339 g/mol. The van der Waals surface area contributed by atoms with Gasteiger partial charge in [-0.15, -0.1) is 0 Å². The van der Waals surface area contributed by atoms with Crippen LogP contribution in [0, 0.1) is 0 Å². The summed E-state index contributed by atoms with van der Waals surface area (Å²) in [6.45, 7) is 0.674. The number of nitrogens with zero attached hydrogens (tertiary/aromatic N) is 3. The van der Waals surface area contributed by atoms with Gasteiger partial charge in [0.05, 0.1) is 5.69 Å². The second kappa shape index (κ2) is 7.29. The fourth-order valence-electron chi connectivity index (χ4n) is 2.69. The number of hydrogen-bond donors (Lipinski definition) is 2. The Morgan fingerprint density at radius 2 is 2.00 bits per heavy atom. The summed E-state index contributed by atoms with van der Waals surface area (Å²) in [4.78, 5) is 34.4. The Hall–Kier alpha value is -2.96. The Balaban J connectivity index is 1.72. The lowest BCUT2D eigenvalue weighted by Crippen LogP contribution is -2.50. The fourth-order valence-corrected chi connectivity index (χ4v) is 2.69.